The van der Waals surface area contributed by atoms with E-state index in [4.69, 9.17) is 23.7 Å². The second-order valence-electron chi connectivity index (χ2n) is 10.8. The molecule has 1 atom stereocenters. The van der Waals surface area contributed by atoms with E-state index in [0.29, 0.717) is 50.2 Å². The van der Waals surface area contributed by atoms with Crippen LogP contribution in [0.1, 0.15) is 36.6 Å². The van der Waals surface area contributed by atoms with Crippen LogP contribution in [0.3, 0.4) is 0 Å². The number of aromatic nitrogens is 1. The Morgan fingerprint density at radius 1 is 0.894 bits per heavy atom. The molecular formula is C37H34N2O7S. The van der Waals surface area contributed by atoms with Crippen molar-refractivity contribution in [1.29, 1.82) is 0 Å². The molecule has 9 nitrogen and oxygen atoms in total. The number of thiazole rings is 1. The minimum absolute atomic E-state index is 0.183. The smallest absolute Gasteiger partial charge is 0.338 e. The molecule has 1 aliphatic rings. The third kappa shape index (κ3) is 6.12. The Morgan fingerprint density at radius 3 is 2.38 bits per heavy atom. The summed E-state index contributed by atoms with van der Waals surface area (Å²) >= 11 is 1.24. The van der Waals surface area contributed by atoms with Crippen molar-refractivity contribution in [3.63, 3.8) is 0 Å². The van der Waals surface area contributed by atoms with Gasteiger partial charge in [0.05, 0.1) is 49.8 Å². The van der Waals surface area contributed by atoms with Gasteiger partial charge in [-0.2, -0.15) is 0 Å². The van der Waals surface area contributed by atoms with Crippen LogP contribution in [0.4, 0.5) is 0 Å². The molecule has 1 aliphatic heterocycles. The van der Waals surface area contributed by atoms with Gasteiger partial charge in [-0.1, -0.05) is 65.9 Å². The summed E-state index contributed by atoms with van der Waals surface area (Å²) in [6.07, 6.45) is 1.79. The van der Waals surface area contributed by atoms with Crippen LogP contribution in [0.25, 0.3) is 16.8 Å². The van der Waals surface area contributed by atoms with E-state index in [0.717, 1.165) is 21.9 Å². The monoisotopic (exact) mass is 650 g/mol. The number of allylic oxidation sites excluding steroid dienone is 1. The summed E-state index contributed by atoms with van der Waals surface area (Å²) in [5.74, 6) is 1.59. The number of hydrogen-bond acceptors (Lipinski definition) is 9. The molecular weight excluding hydrogens is 616 g/mol. The zero-order valence-corrected chi connectivity index (χ0v) is 27.6. The molecule has 1 unspecified atom stereocenters. The minimum atomic E-state index is -0.786. The Morgan fingerprint density at radius 2 is 1.62 bits per heavy atom. The number of ether oxygens (including phenoxy) is 5. The van der Waals surface area contributed by atoms with E-state index in [-0.39, 0.29) is 17.7 Å². The molecule has 10 heteroatoms. The molecule has 0 radical (unpaired) electrons. The van der Waals surface area contributed by atoms with E-state index in [1.807, 2.05) is 48.5 Å². The van der Waals surface area contributed by atoms with Crippen LogP contribution in [0.15, 0.2) is 99.9 Å². The number of rotatable bonds is 10. The SMILES string of the molecule is CCOC(=O)C1=C(C)N=c2s/c(=C/c3ccc(OCc4cccc5ccccc45)c(OC)c3)c(=O)n2C1c1ccc(OC)c(OC)c1. The third-order valence-electron chi connectivity index (χ3n) is 7.99. The van der Waals surface area contributed by atoms with Crippen molar-refractivity contribution >= 4 is 34.2 Å². The van der Waals surface area contributed by atoms with Gasteiger partial charge in [0, 0.05) is 0 Å². The molecule has 2 heterocycles. The lowest BCUT2D eigenvalue weighted by atomic mass is 9.95. The van der Waals surface area contributed by atoms with Gasteiger partial charge >= 0.3 is 5.97 Å². The van der Waals surface area contributed by atoms with Gasteiger partial charge in [-0.3, -0.25) is 9.36 Å². The highest BCUT2D eigenvalue weighted by Crippen LogP contribution is 2.36. The minimum Gasteiger partial charge on any atom is -0.493 e. The molecule has 1 aromatic heterocycles. The van der Waals surface area contributed by atoms with Crippen LogP contribution in [-0.2, 0) is 16.1 Å². The lowest BCUT2D eigenvalue weighted by molar-refractivity contribution is -0.139. The van der Waals surface area contributed by atoms with Crippen LogP contribution >= 0.6 is 11.3 Å². The van der Waals surface area contributed by atoms with Crippen LogP contribution < -0.4 is 33.8 Å². The summed E-state index contributed by atoms with van der Waals surface area (Å²) in [4.78, 5) is 32.5. The first kappa shape index (κ1) is 31.6. The zero-order chi connectivity index (χ0) is 33.1. The first-order valence-corrected chi connectivity index (χ1v) is 15.9. The van der Waals surface area contributed by atoms with Crippen molar-refractivity contribution in [3.8, 4) is 23.0 Å². The van der Waals surface area contributed by atoms with E-state index < -0.39 is 12.0 Å². The van der Waals surface area contributed by atoms with Crippen molar-refractivity contribution in [2.75, 3.05) is 27.9 Å². The number of esters is 1. The van der Waals surface area contributed by atoms with Gasteiger partial charge in [-0.15, -0.1) is 0 Å². The summed E-state index contributed by atoms with van der Waals surface area (Å²) in [7, 11) is 4.67. The van der Waals surface area contributed by atoms with E-state index in [1.165, 1.54) is 23.0 Å². The number of benzene rings is 4. The molecule has 0 bridgehead atoms. The lowest BCUT2D eigenvalue weighted by Crippen LogP contribution is -2.39. The predicted molar refractivity (Wildman–Crippen MR) is 181 cm³/mol. The average molecular weight is 651 g/mol. The maximum absolute atomic E-state index is 14.1. The Kier molecular flexibility index (Phi) is 9.12. The van der Waals surface area contributed by atoms with Crippen molar-refractivity contribution in [2.24, 2.45) is 4.99 Å². The Hall–Kier alpha value is -5.35. The molecule has 0 amide bonds. The summed E-state index contributed by atoms with van der Waals surface area (Å²) < 4.78 is 30.2. The normalized spacial score (nSPS) is 14.4. The largest absolute Gasteiger partial charge is 0.493 e. The Labute approximate surface area is 275 Å². The average Bonchev–Trinajstić information content (AvgIpc) is 3.39. The van der Waals surface area contributed by atoms with E-state index in [9.17, 15) is 9.59 Å². The molecule has 0 aliphatic carbocycles. The molecule has 0 fully saturated rings. The third-order valence-corrected chi connectivity index (χ3v) is 8.97. The topological polar surface area (TPSA) is 97.6 Å². The number of carbonyl (C=O) groups excluding carboxylic acids is 1. The van der Waals surface area contributed by atoms with Gasteiger partial charge in [0.25, 0.3) is 5.56 Å². The Bertz CT molecular complexity index is 2190. The van der Waals surface area contributed by atoms with Crippen LogP contribution in [-0.4, -0.2) is 38.5 Å². The lowest BCUT2D eigenvalue weighted by Gasteiger charge is -2.25. The zero-order valence-electron chi connectivity index (χ0n) is 26.7. The molecule has 0 spiro atoms. The summed E-state index contributed by atoms with van der Waals surface area (Å²) in [6.45, 7) is 4.04. The second-order valence-corrected chi connectivity index (χ2v) is 11.8. The number of hydrogen-bond donors (Lipinski definition) is 0. The molecule has 5 aromatic rings. The highest BCUT2D eigenvalue weighted by atomic mass is 32.1. The fourth-order valence-electron chi connectivity index (χ4n) is 5.75. The second kappa shape index (κ2) is 13.6. The van der Waals surface area contributed by atoms with Crippen molar-refractivity contribution in [2.45, 2.75) is 26.5 Å². The number of nitrogens with zero attached hydrogens (tertiary/aromatic N) is 2. The van der Waals surface area contributed by atoms with E-state index >= 15 is 0 Å². The van der Waals surface area contributed by atoms with Crippen molar-refractivity contribution in [1.82, 2.24) is 4.57 Å². The molecule has 0 N–H and O–H groups in total. The number of methoxy groups -OCH3 is 3. The maximum atomic E-state index is 14.1. The van der Waals surface area contributed by atoms with E-state index in [2.05, 4.69) is 23.2 Å². The van der Waals surface area contributed by atoms with E-state index in [1.54, 1.807) is 46.3 Å². The quantitative estimate of drug-likeness (QED) is 0.183. The van der Waals surface area contributed by atoms with Crippen LogP contribution in [0, 0.1) is 0 Å². The van der Waals surface area contributed by atoms with Crippen molar-refractivity contribution in [3.05, 3.63) is 127 Å². The molecule has 0 saturated heterocycles. The first-order valence-electron chi connectivity index (χ1n) is 15.1. The summed E-state index contributed by atoms with van der Waals surface area (Å²) in [5, 5.41) is 2.28. The predicted octanol–water partition coefficient (Wildman–Crippen LogP) is 5.56. The van der Waals surface area contributed by atoms with Gasteiger partial charge in [0.1, 0.15) is 6.61 Å². The van der Waals surface area contributed by atoms with Gasteiger partial charge in [0.2, 0.25) is 0 Å². The molecule has 240 valence electrons. The summed E-state index contributed by atoms with van der Waals surface area (Å²) in [5.41, 5.74) is 2.93. The van der Waals surface area contributed by atoms with Crippen LogP contribution in [0.5, 0.6) is 23.0 Å². The molecule has 4 aromatic carbocycles. The molecule has 6 rings (SSSR count). The number of fused-ring (bicyclic) bond motifs is 2. The highest BCUT2D eigenvalue weighted by molar-refractivity contribution is 7.07. The van der Waals surface area contributed by atoms with Gasteiger partial charge < -0.3 is 23.7 Å². The highest BCUT2D eigenvalue weighted by Gasteiger charge is 2.34. The van der Waals surface area contributed by atoms with Gasteiger partial charge in [-0.25, -0.2) is 9.79 Å². The molecule has 47 heavy (non-hydrogen) atoms. The summed E-state index contributed by atoms with van der Waals surface area (Å²) in [6, 6.07) is 24.4. The molecule has 0 saturated carbocycles. The van der Waals surface area contributed by atoms with Gasteiger partial charge in [-0.05, 0) is 71.7 Å². The standard InChI is InChI=1S/C37H34N2O7S/c1-6-45-36(41)33-22(2)38-37-39(34(33)25-15-17-28(42-3)31(20-25)44-5)35(40)32(47-37)19-23-14-16-29(30(18-23)43-4)46-21-26-12-9-11-24-10-7-8-13-27(24)26/h7-20,34H,6,21H2,1-5H3/b32-19+. The van der Waals surface area contributed by atoms with Gasteiger partial charge in [0.15, 0.2) is 27.8 Å². The maximum Gasteiger partial charge on any atom is 0.338 e. The van der Waals surface area contributed by atoms with Crippen LogP contribution in [0.2, 0.25) is 0 Å². The number of carbonyl (C=O) groups is 1. The fourth-order valence-corrected chi connectivity index (χ4v) is 6.79. The Balaban J connectivity index is 1.38. The first-order chi connectivity index (χ1) is 22.9. The van der Waals surface area contributed by atoms with Crippen molar-refractivity contribution < 1.29 is 28.5 Å². The fraction of sp³-hybridized carbons (Fsp3) is 0.216.